The van der Waals surface area contributed by atoms with Gasteiger partial charge in [0.25, 0.3) is 0 Å². The van der Waals surface area contributed by atoms with E-state index in [9.17, 15) is 4.79 Å². The van der Waals surface area contributed by atoms with Gasteiger partial charge in [0.2, 0.25) is 0 Å². The lowest BCUT2D eigenvalue weighted by molar-refractivity contribution is -0.141. The van der Waals surface area contributed by atoms with Gasteiger partial charge in [0, 0.05) is 6.42 Å². The van der Waals surface area contributed by atoms with Crippen molar-refractivity contribution in [2.45, 2.75) is 77.6 Å². The fourth-order valence-corrected chi connectivity index (χ4v) is 2.05. The highest BCUT2D eigenvalue weighted by Crippen LogP contribution is 2.31. The Morgan fingerprint density at radius 2 is 1.61 bits per heavy atom. The van der Waals surface area contributed by atoms with Crippen LogP contribution in [0, 0.1) is 5.92 Å². The average Bonchev–Trinajstić information content (AvgIpc) is 3.16. The molecule has 0 spiro atoms. The molecule has 0 heterocycles. The number of allylic oxidation sites excluding steroid dienone is 1. The molecule has 1 aliphatic carbocycles. The summed E-state index contributed by atoms with van der Waals surface area (Å²) < 4.78 is 5.20. The number of ether oxygens (including phenoxy) is 1. The third-order valence-electron chi connectivity index (χ3n) is 3.46. The molecule has 2 nitrogen and oxygen atoms in total. The Kier molecular flexibility index (Phi) is 7.79. The zero-order valence-electron chi connectivity index (χ0n) is 11.9. The summed E-state index contributed by atoms with van der Waals surface area (Å²) >= 11 is 0. The SMILES string of the molecule is C=C(CCCCCCCCCC)OC(=O)C1CC1. The van der Waals surface area contributed by atoms with Gasteiger partial charge in [-0.3, -0.25) is 4.79 Å². The first-order chi connectivity index (χ1) is 8.74. The van der Waals surface area contributed by atoms with Crippen molar-refractivity contribution in [3.63, 3.8) is 0 Å². The molecule has 0 aliphatic heterocycles. The van der Waals surface area contributed by atoms with Crippen LogP contribution < -0.4 is 0 Å². The molecule has 0 N–H and O–H groups in total. The molecule has 0 radical (unpaired) electrons. The van der Waals surface area contributed by atoms with E-state index in [1.54, 1.807) is 0 Å². The largest absolute Gasteiger partial charge is 0.431 e. The normalized spacial score (nSPS) is 14.5. The van der Waals surface area contributed by atoms with Crippen molar-refractivity contribution < 1.29 is 9.53 Å². The van der Waals surface area contributed by atoms with Crippen LogP contribution >= 0.6 is 0 Å². The number of carbonyl (C=O) groups is 1. The molecular formula is C16H28O2. The van der Waals surface area contributed by atoms with E-state index in [-0.39, 0.29) is 11.9 Å². The molecule has 2 heteroatoms. The summed E-state index contributed by atoms with van der Waals surface area (Å²) in [6.07, 6.45) is 13.2. The van der Waals surface area contributed by atoms with E-state index in [2.05, 4.69) is 13.5 Å². The summed E-state index contributed by atoms with van der Waals surface area (Å²) in [4.78, 5) is 11.4. The van der Waals surface area contributed by atoms with Gasteiger partial charge >= 0.3 is 5.97 Å². The van der Waals surface area contributed by atoms with E-state index >= 15 is 0 Å². The van der Waals surface area contributed by atoms with Crippen LogP contribution in [0.25, 0.3) is 0 Å². The van der Waals surface area contributed by atoms with E-state index < -0.39 is 0 Å². The van der Waals surface area contributed by atoms with Crippen molar-refractivity contribution in [3.8, 4) is 0 Å². The van der Waals surface area contributed by atoms with Gasteiger partial charge in [-0.25, -0.2) is 0 Å². The molecule has 1 saturated carbocycles. The van der Waals surface area contributed by atoms with Gasteiger partial charge in [0.1, 0.15) is 5.76 Å². The van der Waals surface area contributed by atoms with Crippen molar-refractivity contribution >= 4 is 5.97 Å². The van der Waals surface area contributed by atoms with Crippen LogP contribution in [-0.4, -0.2) is 5.97 Å². The lowest BCUT2D eigenvalue weighted by Crippen LogP contribution is -2.05. The molecule has 104 valence electrons. The first-order valence-corrected chi connectivity index (χ1v) is 7.63. The molecular weight excluding hydrogens is 224 g/mol. The third-order valence-corrected chi connectivity index (χ3v) is 3.46. The molecule has 0 aromatic rings. The Balaban J connectivity index is 1.84. The van der Waals surface area contributed by atoms with Gasteiger partial charge in [0.05, 0.1) is 5.92 Å². The number of carbonyl (C=O) groups excluding carboxylic acids is 1. The Bertz CT molecular complexity index is 254. The van der Waals surface area contributed by atoms with Crippen LogP contribution in [-0.2, 0) is 9.53 Å². The Morgan fingerprint density at radius 1 is 1.06 bits per heavy atom. The number of esters is 1. The average molecular weight is 252 g/mol. The smallest absolute Gasteiger partial charge is 0.313 e. The summed E-state index contributed by atoms with van der Waals surface area (Å²) in [6, 6.07) is 0. The van der Waals surface area contributed by atoms with Crippen LogP contribution in [0.15, 0.2) is 12.3 Å². The lowest BCUT2D eigenvalue weighted by atomic mass is 10.1. The number of hydrogen-bond donors (Lipinski definition) is 0. The quantitative estimate of drug-likeness (QED) is 0.294. The second-order valence-electron chi connectivity index (χ2n) is 5.46. The van der Waals surface area contributed by atoms with Gasteiger partial charge in [-0.05, 0) is 19.3 Å². The fourth-order valence-electron chi connectivity index (χ4n) is 2.05. The molecule has 1 aliphatic rings. The van der Waals surface area contributed by atoms with Gasteiger partial charge in [0.15, 0.2) is 0 Å². The summed E-state index contributed by atoms with van der Waals surface area (Å²) in [7, 11) is 0. The van der Waals surface area contributed by atoms with E-state index in [1.165, 1.54) is 44.9 Å². The van der Waals surface area contributed by atoms with Gasteiger partial charge in [-0.1, -0.05) is 58.4 Å². The maximum atomic E-state index is 11.4. The van der Waals surface area contributed by atoms with E-state index in [1.807, 2.05) is 0 Å². The number of hydrogen-bond acceptors (Lipinski definition) is 2. The predicted molar refractivity (Wildman–Crippen MR) is 75.2 cm³/mol. The molecule has 0 aromatic heterocycles. The van der Waals surface area contributed by atoms with E-state index in [4.69, 9.17) is 4.74 Å². The van der Waals surface area contributed by atoms with Crippen molar-refractivity contribution in [3.05, 3.63) is 12.3 Å². The summed E-state index contributed by atoms with van der Waals surface area (Å²) in [5.74, 6) is 0.790. The van der Waals surface area contributed by atoms with Gasteiger partial charge in [-0.15, -0.1) is 0 Å². The first kappa shape index (κ1) is 15.3. The predicted octanol–water partition coefficient (Wildman–Crippen LogP) is 4.98. The molecule has 0 atom stereocenters. The second-order valence-corrected chi connectivity index (χ2v) is 5.46. The van der Waals surface area contributed by atoms with Crippen molar-refractivity contribution in [2.24, 2.45) is 5.92 Å². The summed E-state index contributed by atoms with van der Waals surface area (Å²) in [6.45, 7) is 6.06. The standard InChI is InChI=1S/C16H28O2/c1-3-4-5-6-7-8-9-10-11-14(2)18-16(17)15-12-13-15/h15H,2-13H2,1H3. The highest BCUT2D eigenvalue weighted by Gasteiger charge is 2.31. The monoisotopic (exact) mass is 252 g/mol. The minimum Gasteiger partial charge on any atom is -0.431 e. The minimum atomic E-state index is -0.0560. The van der Waals surface area contributed by atoms with Crippen LogP contribution in [0.1, 0.15) is 77.6 Å². The second kappa shape index (κ2) is 9.18. The lowest BCUT2D eigenvalue weighted by Gasteiger charge is -2.06. The molecule has 0 bridgehead atoms. The third kappa shape index (κ3) is 7.52. The number of rotatable bonds is 11. The van der Waals surface area contributed by atoms with Crippen molar-refractivity contribution in [1.82, 2.24) is 0 Å². The van der Waals surface area contributed by atoms with Crippen molar-refractivity contribution in [1.29, 1.82) is 0 Å². The molecule has 0 amide bonds. The maximum Gasteiger partial charge on any atom is 0.313 e. The molecule has 0 unspecified atom stereocenters. The van der Waals surface area contributed by atoms with Crippen LogP contribution in [0.3, 0.4) is 0 Å². The van der Waals surface area contributed by atoms with Crippen LogP contribution in [0.4, 0.5) is 0 Å². The van der Waals surface area contributed by atoms with E-state index in [0.29, 0.717) is 5.76 Å². The molecule has 18 heavy (non-hydrogen) atoms. The maximum absolute atomic E-state index is 11.4. The van der Waals surface area contributed by atoms with Gasteiger partial charge < -0.3 is 4.74 Å². The Labute approximate surface area is 112 Å². The van der Waals surface area contributed by atoms with Crippen LogP contribution in [0.5, 0.6) is 0 Å². The summed E-state index contributed by atoms with van der Waals surface area (Å²) in [5, 5.41) is 0. The zero-order chi connectivity index (χ0) is 13.2. The fraction of sp³-hybridized carbons (Fsp3) is 0.812. The number of unbranched alkanes of at least 4 members (excludes halogenated alkanes) is 7. The zero-order valence-corrected chi connectivity index (χ0v) is 11.9. The van der Waals surface area contributed by atoms with Crippen molar-refractivity contribution in [2.75, 3.05) is 0 Å². The summed E-state index contributed by atoms with van der Waals surface area (Å²) in [5.41, 5.74) is 0. The molecule has 1 rings (SSSR count). The van der Waals surface area contributed by atoms with E-state index in [0.717, 1.165) is 25.7 Å². The van der Waals surface area contributed by atoms with Gasteiger partial charge in [-0.2, -0.15) is 0 Å². The van der Waals surface area contributed by atoms with Crippen LogP contribution in [0.2, 0.25) is 0 Å². The molecule has 0 saturated heterocycles. The minimum absolute atomic E-state index is 0.0560. The highest BCUT2D eigenvalue weighted by molar-refractivity contribution is 5.75. The Hall–Kier alpha value is -0.790. The molecule has 0 aromatic carbocycles. The topological polar surface area (TPSA) is 26.3 Å². The molecule has 1 fully saturated rings. The first-order valence-electron chi connectivity index (χ1n) is 7.63. The Morgan fingerprint density at radius 3 is 2.17 bits per heavy atom. The highest BCUT2D eigenvalue weighted by atomic mass is 16.5.